The van der Waals surface area contributed by atoms with Crippen molar-refractivity contribution in [2.45, 2.75) is 27.7 Å². The van der Waals surface area contributed by atoms with E-state index in [-0.39, 0.29) is 0 Å². The number of rotatable bonds is 4. The number of hydrogen-bond donors (Lipinski definition) is 0. The number of methoxy groups -OCH3 is 2. The van der Waals surface area contributed by atoms with Crippen molar-refractivity contribution >= 4 is 11.9 Å². The normalized spacial score (nSPS) is 17.2. The fourth-order valence-corrected chi connectivity index (χ4v) is 3.02. The zero-order chi connectivity index (χ0) is 20.1. The molecule has 0 amide bonds. The zero-order valence-corrected chi connectivity index (χ0v) is 16.8. The Kier molecular flexibility index (Phi) is 6.56. The molecule has 0 aromatic heterocycles. The highest BCUT2D eigenvalue weighted by Gasteiger charge is 2.26. The van der Waals surface area contributed by atoms with Crippen LogP contribution in [-0.2, 0) is 19.1 Å². The summed E-state index contributed by atoms with van der Waals surface area (Å²) in [5, 5.41) is 0. The average molecular weight is 366 g/mol. The number of carbonyl (C=O) groups is 2. The largest absolute Gasteiger partial charge is 0.466 e. The van der Waals surface area contributed by atoms with Crippen LogP contribution < -0.4 is 0 Å². The molecule has 4 heteroatoms. The summed E-state index contributed by atoms with van der Waals surface area (Å²) in [6, 6.07) is 0. The zero-order valence-electron chi connectivity index (χ0n) is 16.8. The third-order valence-electron chi connectivity index (χ3n) is 4.63. The number of ether oxygens (including phenoxy) is 2. The van der Waals surface area contributed by atoms with Gasteiger partial charge in [-0.3, -0.25) is 0 Å². The monoisotopic (exact) mass is 366 g/mol. The summed E-state index contributed by atoms with van der Waals surface area (Å²) in [4.78, 5) is 24.3. The fourth-order valence-electron chi connectivity index (χ4n) is 3.02. The topological polar surface area (TPSA) is 52.6 Å². The van der Waals surface area contributed by atoms with Crippen molar-refractivity contribution in [2.24, 2.45) is 5.92 Å². The van der Waals surface area contributed by atoms with Gasteiger partial charge in [-0.05, 0) is 59.3 Å². The maximum absolute atomic E-state index is 12.7. The van der Waals surface area contributed by atoms with E-state index < -0.39 is 11.9 Å². The quantitative estimate of drug-likeness (QED) is 0.541. The highest BCUT2D eigenvalue weighted by Crippen LogP contribution is 2.38. The number of fused-ring (bicyclic) bond motifs is 1. The number of hydrogen-bond acceptors (Lipinski definition) is 4. The number of carbonyl (C=O) groups excluding carboxylic acids is 2. The van der Waals surface area contributed by atoms with Gasteiger partial charge in [0.15, 0.2) is 0 Å². The average Bonchev–Trinajstić information content (AvgIpc) is 2.90. The highest BCUT2D eigenvalue weighted by molar-refractivity contribution is 5.99. The Bertz CT molecular complexity index is 868. The molecule has 0 unspecified atom stereocenters. The Morgan fingerprint density at radius 3 is 2.22 bits per heavy atom. The Morgan fingerprint density at radius 1 is 0.963 bits per heavy atom. The lowest BCUT2D eigenvalue weighted by atomic mass is 9.87. The van der Waals surface area contributed by atoms with Gasteiger partial charge in [-0.1, -0.05) is 44.2 Å². The first-order chi connectivity index (χ1) is 12.8. The summed E-state index contributed by atoms with van der Waals surface area (Å²) >= 11 is 0. The van der Waals surface area contributed by atoms with Crippen molar-refractivity contribution in [2.75, 3.05) is 14.2 Å². The molecule has 0 atom stereocenters. The summed E-state index contributed by atoms with van der Waals surface area (Å²) in [6.45, 7) is 8.27. The molecule has 0 N–H and O–H groups in total. The Balaban J connectivity index is 2.79. The molecule has 2 aliphatic carbocycles. The molecule has 4 nitrogen and oxygen atoms in total. The molecular formula is C23H26O4. The molecule has 0 spiro atoms. The Hall–Kier alpha value is -2.88. The van der Waals surface area contributed by atoms with Crippen molar-refractivity contribution in [1.29, 1.82) is 0 Å². The molecule has 0 aliphatic heterocycles. The van der Waals surface area contributed by atoms with Crippen molar-refractivity contribution in [3.05, 3.63) is 81.5 Å². The first-order valence-corrected chi connectivity index (χ1v) is 8.89. The molecule has 0 saturated heterocycles. The fraction of sp³-hybridized carbons (Fsp3) is 0.304. The first-order valence-electron chi connectivity index (χ1n) is 8.89. The Morgan fingerprint density at radius 2 is 1.63 bits per heavy atom. The van der Waals surface area contributed by atoms with Crippen molar-refractivity contribution in [3.8, 4) is 0 Å². The second-order valence-electron chi connectivity index (χ2n) is 6.80. The molecule has 0 heterocycles. The molecule has 0 aromatic carbocycles. The van der Waals surface area contributed by atoms with Crippen LogP contribution in [0, 0.1) is 5.92 Å². The highest BCUT2D eigenvalue weighted by atomic mass is 16.5. The van der Waals surface area contributed by atoms with Gasteiger partial charge in [0.25, 0.3) is 0 Å². The van der Waals surface area contributed by atoms with Crippen LogP contribution >= 0.6 is 0 Å². The first kappa shape index (κ1) is 20.4. The van der Waals surface area contributed by atoms with E-state index in [2.05, 4.69) is 30.7 Å². The maximum Gasteiger partial charge on any atom is 0.339 e. The van der Waals surface area contributed by atoms with Crippen LogP contribution in [0.15, 0.2) is 81.5 Å². The van der Waals surface area contributed by atoms with Crippen LogP contribution in [0.25, 0.3) is 0 Å². The van der Waals surface area contributed by atoms with Crippen molar-refractivity contribution in [1.82, 2.24) is 0 Å². The molecule has 0 aromatic rings. The predicted molar refractivity (Wildman–Crippen MR) is 107 cm³/mol. The maximum atomic E-state index is 12.7. The van der Waals surface area contributed by atoms with Crippen LogP contribution in [0.1, 0.15) is 27.7 Å². The smallest absolute Gasteiger partial charge is 0.339 e. The van der Waals surface area contributed by atoms with Gasteiger partial charge in [-0.2, -0.15) is 0 Å². The van der Waals surface area contributed by atoms with Crippen LogP contribution in [0.3, 0.4) is 0 Å². The van der Waals surface area contributed by atoms with Gasteiger partial charge in [0, 0.05) is 6.08 Å². The van der Waals surface area contributed by atoms with E-state index in [1.807, 2.05) is 32.1 Å². The Labute approximate surface area is 160 Å². The minimum absolute atomic E-state index is 0.352. The van der Waals surface area contributed by atoms with Crippen LogP contribution in [-0.4, -0.2) is 26.2 Å². The molecule has 0 radical (unpaired) electrons. The summed E-state index contributed by atoms with van der Waals surface area (Å²) < 4.78 is 9.75. The van der Waals surface area contributed by atoms with E-state index in [0.717, 1.165) is 22.3 Å². The second kappa shape index (κ2) is 8.67. The van der Waals surface area contributed by atoms with Gasteiger partial charge in [0.2, 0.25) is 0 Å². The van der Waals surface area contributed by atoms with Gasteiger partial charge in [-0.25, -0.2) is 9.59 Å². The number of allylic oxidation sites excluding steroid dienone is 11. The summed E-state index contributed by atoms with van der Waals surface area (Å²) in [7, 11) is 2.68. The van der Waals surface area contributed by atoms with Crippen LogP contribution in [0.5, 0.6) is 0 Å². The number of esters is 2. The molecule has 2 rings (SSSR count). The van der Waals surface area contributed by atoms with Crippen molar-refractivity contribution in [3.63, 3.8) is 0 Å². The van der Waals surface area contributed by atoms with Gasteiger partial charge < -0.3 is 9.47 Å². The van der Waals surface area contributed by atoms with Gasteiger partial charge >= 0.3 is 11.9 Å². The molecule has 0 fully saturated rings. The second-order valence-corrected chi connectivity index (χ2v) is 6.80. The molecule has 142 valence electrons. The molecular weight excluding hydrogens is 340 g/mol. The minimum Gasteiger partial charge on any atom is -0.466 e. The van der Waals surface area contributed by atoms with E-state index in [0.29, 0.717) is 17.1 Å². The standard InChI is InChI=1S/C23H26O4/c1-14(2)18-10-8-16(4)21-19(13-18)15(3)7-9-17(11-12-20(24)26-5)22(21)23(25)27-6/h7-14H,1-6H3/b12-11+. The van der Waals surface area contributed by atoms with E-state index in [4.69, 9.17) is 4.74 Å². The van der Waals surface area contributed by atoms with Gasteiger partial charge in [0.05, 0.1) is 19.8 Å². The lowest BCUT2D eigenvalue weighted by molar-refractivity contribution is -0.136. The predicted octanol–water partition coefficient (Wildman–Crippen LogP) is 4.54. The molecule has 27 heavy (non-hydrogen) atoms. The lowest BCUT2D eigenvalue weighted by Crippen LogP contribution is -2.12. The van der Waals surface area contributed by atoms with E-state index in [1.54, 1.807) is 6.08 Å². The SMILES string of the molecule is COC(=O)/C=C/C1=CC=C(C)C2=CC(C(C)C)=CC=C(C)C2=C1C(=O)OC. The lowest BCUT2D eigenvalue weighted by Gasteiger charge is -2.17. The van der Waals surface area contributed by atoms with E-state index in [9.17, 15) is 9.59 Å². The van der Waals surface area contributed by atoms with E-state index in [1.165, 1.54) is 25.9 Å². The van der Waals surface area contributed by atoms with Crippen molar-refractivity contribution < 1.29 is 19.1 Å². The van der Waals surface area contributed by atoms with Crippen LogP contribution in [0.4, 0.5) is 0 Å². The molecule has 2 aliphatic rings. The summed E-state index contributed by atoms with van der Waals surface area (Å²) in [5.41, 5.74) is 6.03. The summed E-state index contributed by atoms with van der Waals surface area (Å²) in [5.74, 6) is -0.576. The molecule has 0 saturated carbocycles. The molecule has 0 bridgehead atoms. The third kappa shape index (κ3) is 4.45. The van der Waals surface area contributed by atoms with Crippen LogP contribution in [0.2, 0.25) is 0 Å². The summed E-state index contributed by atoms with van der Waals surface area (Å²) in [6.07, 6.45) is 12.9. The minimum atomic E-state index is -0.484. The third-order valence-corrected chi connectivity index (χ3v) is 4.63. The van der Waals surface area contributed by atoms with Gasteiger partial charge in [0.1, 0.15) is 0 Å². The van der Waals surface area contributed by atoms with E-state index >= 15 is 0 Å². The van der Waals surface area contributed by atoms with Gasteiger partial charge in [-0.15, -0.1) is 0 Å².